The Morgan fingerprint density at radius 3 is 1.85 bits per heavy atom. The van der Waals surface area contributed by atoms with Crippen LogP contribution in [-0.4, -0.2) is 18.2 Å². The van der Waals surface area contributed by atoms with E-state index in [9.17, 15) is 0 Å². The lowest BCUT2D eigenvalue weighted by molar-refractivity contribution is 0.199. The Morgan fingerprint density at radius 2 is 1.54 bits per heavy atom. The van der Waals surface area contributed by atoms with Crippen LogP contribution in [0.25, 0.3) is 0 Å². The number of nitrogens with two attached hydrogens (primary N) is 4. The van der Waals surface area contributed by atoms with Crippen molar-refractivity contribution >= 4 is 0 Å². The van der Waals surface area contributed by atoms with E-state index in [0.717, 1.165) is 12.8 Å². The van der Waals surface area contributed by atoms with Gasteiger partial charge in [-0.1, -0.05) is 27.2 Å². The van der Waals surface area contributed by atoms with Gasteiger partial charge in [0.15, 0.2) is 0 Å². The topological polar surface area (TPSA) is 104 Å². The summed E-state index contributed by atoms with van der Waals surface area (Å²) in [6, 6.07) is -0.165. The molecule has 0 bridgehead atoms. The van der Waals surface area contributed by atoms with E-state index < -0.39 is 6.17 Å². The Hall–Kier alpha value is -0.160. The second-order valence-electron chi connectivity index (χ2n) is 4.33. The van der Waals surface area contributed by atoms with E-state index in [4.69, 9.17) is 22.9 Å². The van der Waals surface area contributed by atoms with E-state index in [1.165, 1.54) is 0 Å². The van der Waals surface area contributed by atoms with Gasteiger partial charge in [0.2, 0.25) is 0 Å². The fourth-order valence-electron chi connectivity index (χ4n) is 1.29. The summed E-state index contributed by atoms with van der Waals surface area (Å²) in [5.74, 6) is 0. The minimum absolute atomic E-state index is 0.0189. The van der Waals surface area contributed by atoms with Crippen LogP contribution >= 0.6 is 0 Å². The molecule has 0 saturated carbocycles. The quantitative estimate of drug-likeness (QED) is 0.445. The number of rotatable bonds is 5. The van der Waals surface area contributed by atoms with Gasteiger partial charge in [0.25, 0.3) is 0 Å². The van der Waals surface area contributed by atoms with E-state index in [-0.39, 0.29) is 17.5 Å². The molecule has 0 aromatic heterocycles. The molecule has 13 heavy (non-hydrogen) atoms. The lowest BCUT2D eigenvalue weighted by atomic mass is 9.78. The second-order valence-corrected chi connectivity index (χ2v) is 4.33. The standard InChI is InChI=1S/C9H24N4/c1-4-5-6(10)7(11)9(2,3)8(12)13/h6-8H,4-5,10-13H2,1-3H3. The Morgan fingerprint density at radius 1 is 1.08 bits per heavy atom. The Kier molecular flexibility index (Phi) is 4.85. The smallest absolute Gasteiger partial charge is 0.0589 e. The first-order valence-corrected chi connectivity index (χ1v) is 4.86. The summed E-state index contributed by atoms with van der Waals surface area (Å²) in [6.45, 7) is 6.00. The fourth-order valence-corrected chi connectivity index (χ4v) is 1.29. The van der Waals surface area contributed by atoms with Gasteiger partial charge >= 0.3 is 0 Å². The van der Waals surface area contributed by atoms with Crippen LogP contribution in [0.2, 0.25) is 0 Å². The molecule has 0 saturated heterocycles. The molecule has 0 rings (SSSR count). The van der Waals surface area contributed by atoms with E-state index in [1.807, 2.05) is 13.8 Å². The molecule has 0 aliphatic heterocycles. The average Bonchev–Trinajstić information content (AvgIpc) is 2.03. The van der Waals surface area contributed by atoms with Crippen LogP contribution in [0.15, 0.2) is 0 Å². The van der Waals surface area contributed by atoms with Gasteiger partial charge in [0.05, 0.1) is 6.17 Å². The third-order valence-corrected chi connectivity index (χ3v) is 2.80. The van der Waals surface area contributed by atoms with Crippen molar-refractivity contribution < 1.29 is 0 Å². The van der Waals surface area contributed by atoms with Crippen molar-refractivity contribution in [2.45, 2.75) is 51.9 Å². The van der Waals surface area contributed by atoms with E-state index in [0.29, 0.717) is 0 Å². The molecule has 2 atom stereocenters. The maximum absolute atomic E-state index is 6.00. The molecule has 2 unspecified atom stereocenters. The third-order valence-electron chi connectivity index (χ3n) is 2.80. The molecule has 0 fully saturated rings. The molecule has 0 radical (unpaired) electrons. The van der Waals surface area contributed by atoms with Gasteiger partial charge in [-0.2, -0.15) is 0 Å². The van der Waals surface area contributed by atoms with Crippen molar-refractivity contribution in [1.82, 2.24) is 0 Å². The van der Waals surface area contributed by atoms with Gasteiger partial charge in [-0.05, 0) is 6.42 Å². The van der Waals surface area contributed by atoms with Crippen LogP contribution in [0.5, 0.6) is 0 Å². The lowest BCUT2D eigenvalue weighted by Gasteiger charge is -2.38. The molecule has 8 N–H and O–H groups in total. The van der Waals surface area contributed by atoms with Crippen molar-refractivity contribution in [3.05, 3.63) is 0 Å². The van der Waals surface area contributed by atoms with Crippen LogP contribution in [0.4, 0.5) is 0 Å². The highest BCUT2D eigenvalue weighted by atomic mass is 14.9. The molecular weight excluding hydrogens is 164 g/mol. The zero-order valence-corrected chi connectivity index (χ0v) is 8.96. The molecule has 0 aliphatic rings. The summed E-state index contributed by atoms with van der Waals surface area (Å²) in [4.78, 5) is 0. The second kappa shape index (κ2) is 4.91. The summed E-state index contributed by atoms with van der Waals surface area (Å²) >= 11 is 0. The summed E-state index contributed by atoms with van der Waals surface area (Å²) in [7, 11) is 0. The summed E-state index contributed by atoms with van der Waals surface area (Å²) in [5.41, 5.74) is 22.9. The van der Waals surface area contributed by atoms with Crippen molar-refractivity contribution in [2.24, 2.45) is 28.3 Å². The fraction of sp³-hybridized carbons (Fsp3) is 1.00. The van der Waals surface area contributed by atoms with Crippen molar-refractivity contribution in [1.29, 1.82) is 0 Å². The Balaban J connectivity index is 4.30. The monoisotopic (exact) mass is 188 g/mol. The van der Waals surface area contributed by atoms with Gasteiger partial charge in [-0.15, -0.1) is 0 Å². The summed E-state index contributed by atoms with van der Waals surface area (Å²) in [6.07, 6.45) is 1.52. The van der Waals surface area contributed by atoms with Gasteiger partial charge < -0.3 is 22.9 Å². The lowest BCUT2D eigenvalue weighted by Crippen LogP contribution is -2.60. The molecule has 0 aliphatic carbocycles. The molecule has 0 heterocycles. The average molecular weight is 188 g/mol. The minimum atomic E-state index is -0.426. The first kappa shape index (κ1) is 12.8. The van der Waals surface area contributed by atoms with Crippen molar-refractivity contribution in [2.75, 3.05) is 0 Å². The van der Waals surface area contributed by atoms with Crippen LogP contribution in [0.1, 0.15) is 33.6 Å². The van der Waals surface area contributed by atoms with Gasteiger partial charge in [-0.25, -0.2) is 0 Å². The Bertz CT molecular complexity index is 145. The summed E-state index contributed by atoms with van der Waals surface area (Å²) < 4.78 is 0. The van der Waals surface area contributed by atoms with Crippen LogP contribution in [0.3, 0.4) is 0 Å². The molecular formula is C9H24N4. The van der Waals surface area contributed by atoms with E-state index >= 15 is 0 Å². The largest absolute Gasteiger partial charge is 0.326 e. The molecule has 4 nitrogen and oxygen atoms in total. The molecule has 80 valence electrons. The van der Waals surface area contributed by atoms with E-state index in [1.54, 1.807) is 0 Å². The zero-order valence-electron chi connectivity index (χ0n) is 8.96. The molecule has 0 aromatic rings. The highest BCUT2D eigenvalue weighted by molar-refractivity contribution is 4.93. The van der Waals surface area contributed by atoms with Crippen LogP contribution < -0.4 is 22.9 Å². The van der Waals surface area contributed by atoms with E-state index in [2.05, 4.69) is 6.92 Å². The first-order valence-electron chi connectivity index (χ1n) is 4.86. The molecule has 0 spiro atoms. The maximum atomic E-state index is 6.00. The van der Waals surface area contributed by atoms with Crippen LogP contribution in [0, 0.1) is 5.41 Å². The minimum Gasteiger partial charge on any atom is -0.326 e. The molecule has 0 amide bonds. The van der Waals surface area contributed by atoms with Crippen LogP contribution in [-0.2, 0) is 0 Å². The normalized spacial score (nSPS) is 17.5. The Labute approximate surface area is 81.0 Å². The van der Waals surface area contributed by atoms with Gasteiger partial charge in [0.1, 0.15) is 0 Å². The highest BCUT2D eigenvalue weighted by Crippen LogP contribution is 2.23. The third kappa shape index (κ3) is 3.23. The van der Waals surface area contributed by atoms with Crippen molar-refractivity contribution in [3.8, 4) is 0 Å². The predicted molar refractivity (Wildman–Crippen MR) is 56.8 cm³/mol. The first-order chi connectivity index (χ1) is 5.84. The predicted octanol–water partition coefficient (Wildman–Crippen LogP) is -0.289. The van der Waals surface area contributed by atoms with Gasteiger partial charge in [0, 0.05) is 17.5 Å². The molecule has 0 aromatic carbocycles. The number of hydrogen-bond acceptors (Lipinski definition) is 4. The zero-order chi connectivity index (χ0) is 10.6. The number of hydrogen-bond donors (Lipinski definition) is 4. The van der Waals surface area contributed by atoms with Gasteiger partial charge in [-0.3, -0.25) is 0 Å². The SMILES string of the molecule is CCCC(N)C(N)C(C)(C)C(N)N. The molecule has 4 heteroatoms. The van der Waals surface area contributed by atoms with Crippen molar-refractivity contribution in [3.63, 3.8) is 0 Å². The maximum Gasteiger partial charge on any atom is 0.0589 e. The highest BCUT2D eigenvalue weighted by Gasteiger charge is 2.34. The summed E-state index contributed by atoms with van der Waals surface area (Å²) in [5, 5.41) is 0.